The molecule has 0 saturated carbocycles. The standard InChI is InChI=1S/C28H27NOSi/c1-16-7-8-17-14-19-21(15-18(17)13-16)28(2,3)20-9-10-23(31(4,5)6)27-24(20)25-22(30-27)11-12-29-26(19)25/h7-15H,1-6H3. The van der Waals surface area contributed by atoms with Crippen LogP contribution in [0, 0.1) is 6.92 Å². The maximum Gasteiger partial charge on any atom is 0.139 e. The van der Waals surface area contributed by atoms with Gasteiger partial charge in [0.1, 0.15) is 11.2 Å². The zero-order valence-corrected chi connectivity index (χ0v) is 20.1. The molecule has 0 N–H and O–H groups in total. The predicted octanol–water partition coefficient (Wildman–Crippen LogP) is 7.29. The third kappa shape index (κ3) is 2.47. The van der Waals surface area contributed by atoms with Crippen LogP contribution in [-0.4, -0.2) is 13.1 Å². The number of hydrogen-bond donors (Lipinski definition) is 0. The highest BCUT2D eigenvalue weighted by molar-refractivity contribution is 6.90. The van der Waals surface area contributed by atoms with E-state index in [1.165, 1.54) is 49.0 Å². The van der Waals surface area contributed by atoms with Crippen molar-refractivity contribution >= 4 is 46.0 Å². The number of fused-ring (bicyclic) bond motifs is 3. The van der Waals surface area contributed by atoms with Gasteiger partial charge in [0.05, 0.1) is 19.2 Å². The molecule has 0 saturated heterocycles. The van der Waals surface area contributed by atoms with Crippen molar-refractivity contribution in [3.05, 3.63) is 71.4 Å². The van der Waals surface area contributed by atoms with Crippen LogP contribution in [0.15, 0.2) is 59.1 Å². The number of pyridine rings is 1. The first-order valence-electron chi connectivity index (χ1n) is 11.1. The first-order chi connectivity index (χ1) is 14.7. The summed E-state index contributed by atoms with van der Waals surface area (Å²) in [6.45, 7) is 14.0. The number of hydrogen-bond acceptors (Lipinski definition) is 2. The minimum atomic E-state index is -1.58. The van der Waals surface area contributed by atoms with Gasteiger partial charge in [-0.25, -0.2) is 0 Å². The number of rotatable bonds is 1. The predicted molar refractivity (Wildman–Crippen MR) is 134 cm³/mol. The number of aryl methyl sites for hydroxylation is 1. The summed E-state index contributed by atoms with van der Waals surface area (Å²) in [5.74, 6) is 0. The van der Waals surface area contributed by atoms with Gasteiger partial charge in [-0.1, -0.05) is 69.4 Å². The van der Waals surface area contributed by atoms with E-state index in [1.807, 2.05) is 12.3 Å². The average Bonchev–Trinajstić information content (AvgIpc) is 3.07. The largest absolute Gasteiger partial charge is 0.456 e. The summed E-state index contributed by atoms with van der Waals surface area (Å²) >= 11 is 0. The molecule has 0 amide bonds. The first kappa shape index (κ1) is 18.8. The number of benzene rings is 3. The lowest BCUT2D eigenvalue weighted by molar-refractivity contribution is 0.644. The summed E-state index contributed by atoms with van der Waals surface area (Å²) < 4.78 is 6.57. The minimum absolute atomic E-state index is 0.166. The summed E-state index contributed by atoms with van der Waals surface area (Å²) in [6, 6.07) is 18.1. The van der Waals surface area contributed by atoms with E-state index in [4.69, 9.17) is 9.40 Å². The van der Waals surface area contributed by atoms with E-state index in [0.717, 1.165) is 16.9 Å². The fraction of sp³-hybridized carbons (Fsp3) is 0.250. The Morgan fingerprint density at radius 2 is 1.65 bits per heavy atom. The third-order valence-corrected chi connectivity index (χ3v) is 9.08. The molecule has 154 valence electrons. The van der Waals surface area contributed by atoms with Gasteiger partial charge in [-0.05, 0) is 52.2 Å². The van der Waals surface area contributed by atoms with E-state index in [-0.39, 0.29) is 5.41 Å². The average molecular weight is 422 g/mol. The van der Waals surface area contributed by atoms with E-state index >= 15 is 0 Å². The van der Waals surface area contributed by atoms with Gasteiger partial charge in [0.15, 0.2) is 0 Å². The van der Waals surface area contributed by atoms with Crippen molar-refractivity contribution in [2.45, 2.75) is 45.8 Å². The van der Waals surface area contributed by atoms with Gasteiger partial charge in [0, 0.05) is 22.6 Å². The molecule has 2 nitrogen and oxygen atoms in total. The zero-order valence-electron chi connectivity index (χ0n) is 19.1. The molecule has 0 unspecified atom stereocenters. The summed E-state index contributed by atoms with van der Waals surface area (Å²) in [5.41, 5.74) is 8.08. The van der Waals surface area contributed by atoms with E-state index in [0.29, 0.717) is 0 Å². The minimum Gasteiger partial charge on any atom is -0.456 e. The second kappa shape index (κ2) is 5.86. The van der Waals surface area contributed by atoms with E-state index in [1.54, 1.807) is 0 Å². The van der Waals surface area contributed by atoms with Crippen molar-refractivity contribution < 1.29 is 4.42 Å². The van der Waals surface area contributed by atoms with E-state index in [2.05, 4.69) is 82.9 Å². The van der Waals surface area contributed by atoms with Crippen LogP contribution in [0.1, 0.15) is 30.5 Å². The second-order valence-electron chi connectivity index (χ2n) is 10.6. The van der Waals surface area contributed by atoms with Gasteiger partial charge in [-0.15, -0.1) is 0 Å². The van der Waals surface area contributed by atoms with Gasteiger partial charge in [0.25, 0.3) is 0 Å². The van der Waals surface area contributed by atoms with Crippen LogP contribution in [0.3, 0.4) is 0 Å². The van der Waals surface area contributed by atoms with Crippen LogP contribution in [-0.2, 0) is 5.41 Å². The highest BCUT2D eigenvalue weighted by Gasteiger charge is 2.36. The first-order valence-corrected chi connectivity index (χ1v) is 14.6. The van der Waals surface area contributed by atoms with Gasteiger partial charge in [-0.2, -0.15) is 0 Å². The fourth-order valence-corrected chi connectivity index (χ4v) is 6.85. The van der Waals surface area contributed by atoms with Crippen LogP contribution in [0.2, 0.25) is 19.6 Å². The normalized spacial score (nSPS) is 15.0. The third-order valence-electron chi connectivity index (χ3n) is 7.07. The molecule has 1 aliphatic carbocycles. The maximum atomic E-state index is 6.57. The molecule has 0 radical (unpaired) electrons. The van der Waals surface area contributed by atoms with E-state index < -0.39 is 8.07 Å². The van der Waals surface area contributed by atoms with Gasteiger partial charge in [0.2, 0.25) is 0 Å². The van der Waals surface area contributed by atoms with Gasteiger partial charge >= 0.3 is 0 Å². The molecule has 0 spiro atoms. The summed E-state index contributed by atoms with van der Waals surface area (Å²) in [4.78, 5) is 4.93. The molecule has 3 heteroatoms. The van der Waals surface area contributed by atoms with Crippen molar-refractivity contribution in [2.75, 3.05) is 0 Å². The Labute approximate surface area is 183 Å². The molecule has 0 fully saturated rings. The van der Waals surface area contributed by atoms with Gasteiger partial charge in [-0.3, -0.25) is 4.98 Å². The van der Waals surface area contributed by atoms with Crippen molar-refractivity contribution in [1.29, 1.82) is 0 Å². The van der Waals surface area contributed by atoms with Crippen molar-refractivity contribution in [1.82, 2.24) is 4.98 Å². The van der Waals surface area contributed by atoms with E-state index in [9.17, 15) is 0 Å². The molecular weight excluding hydrogens is 394 g/mol. The number of nitrogens with zero attached hydrogens (tertiary/aromatic N) is 1. The second-order valence-corrected chi connectivity index (χ2v) is 15.7. The van der Waals surface area contributed by atoms with Crippen LogP contribution in [0.4, 0.5) is 0 Å². The molecular formula is C28H27NOSi. The Kier molecular flexibility index (Phi) is 3.56. The smallest absolute Gasteiger partial charge is 0.139 e. The highest BCUT2D eigenvalue weighted by Crippen LogP contribution is 2.49. The van der Waals surface area contributed by atoms with Crippen LogP contribution in [0.5, 0.6) is 0 Å². The van der Waals surface area contributed by atoms with Gasteiger partial charge < -0.3 is 4.42 Å². The summed E-state index contributed by atoms with van der Waals surface area (Å²) in [5, 5.41) is 6.37. The molecule has 2 aromatic heterocycles. The monoisotopic (exact) mass is 421 g/mol. The molecule has 3 aromatic carbocycles. The summed E-state index contributed by atoms with van der Waals surface area (Å²) in [7, 11) is -1.58. The SMILES string of the molecule is Cc1ccc2cc3c(cc2c1)C(C)(C)c1ccc([Si](C)(C)C)c2oc4ccnc-3c4c12. The lowest BCUT2D eigenvalue weighted by Gasteiger charge is -2.29. The van der Waals surface area contributed by atoms with Crippen molar-refractivity contribution in [3.63, 3.8) is 0 Å². The molecule has 0 aliphatic heterocycles. The quantitative estimate of drug-likeness (QED) is 0.266. The van der Waals surface area contributed by atoms with Crippen molar-refractivity contribution in [3.8, 4) is 11.3 Å². The van der Waals surface area contributed by atoms with Crippen LogP contribution >= 0.6 is 0 Å². The maximum absolute atomic E-state index is 6.57. The lowest BCUT2D eigenvalue weighted by Crippen LogP contribution is -2.38. The van der Waals surface area contributed by atoms with Crippen molar-refractivity contribution in [2.24, 2.45) is 0 Å². The Morgan fingerprint density at radius 1 is 0.839 bits per heavy atom. The molecule has 6 rings (SSSR count). The Hall–Kier alpha value is -2.91. The molecule has 0 atom stereocenters. The summed E-state index contributed by atoms with van der Waals surface area (Å²) in [6.07, 6.45) is 1.90. The zero-order chi connectivity index (χ0) is 21.7. The lowest BCUT2D eigenvalue weighted by atomic mass is 9.75. The molecule has 1 aliphatic rings. The van der Waals surface area contributed by atoms with Crippen LogP contribution in [0.25, 0.3) is 44.0 Å². The topological polar surface area (TPSA) is 26.0 Å². The molecule has 0 bridgehead atoms. The molecule has 31 heavy (non-hydrogen) atoms. The number of furan rings is 1. The fourth-order valence-electron chi connectivity index (χ4n) is 5.41. The Balaban J connectivity index is 1.85. The van der Waals surface area contributed by atoms with Crippen LogP contribution < -0.4 is 5.19 Å². The molecule has 5 aromatic rings. The Bertz CT molecular complexity index is 1550. The number of aromatic nitrogens is 1. The Morgan fingerprint density at radius 3 is 2.42 bits per heavy atom. The highest BCUT2D eigenvalue weighted by atomic mass is 28.3. The molecule has 2 heterocycles.